The van der Waals surface area contributed by atoms with Crippen LogP contribution in [0, 0.1) is 0 Å². The Kier molecular flexibility index (Phi) is 5.22. The summed E-state index contributed by atoms with van der Waals surface area (Å²) < 4.78 is 0. The molecule has 0 radical (unpaired) electrons. The van der Waals surface area contributed by atoms with Gasteiger partial charge in [-0.1, -0.05) is 37.2 Å². The van der Waals surface area contributed by atoms with Crippen LogP contribution in [0.2, 0.25) is 0 Å². The molecular formula is C18H22N4O2S. The first-order valence-electron chi connectivity index (χ1n) is 8.53. The van der Waals surface area contributed by atoms with E-state index in [1.165, 1.54) is 11.8 Å². The molecule has 3 rings (SSSR count). The number of amidine groups is 2. The molecule has 132 valence electrons. The number of fused-ring (bicyclic) bond motifs is 3. The number of hydrogen-bond donors (Lipinski definition) is 1. The summed E-state index contributed by atoms with van der Waals surface area (Å²) in [4.78, 5) is 35.6. The van der Waals surface area contributed by atoms with Crippen molar-refractivity contribution in [3.8, 4) is 0 Å². The molecule has 2 aliphatic rings. The van der Waals surface area contributed by atoms with Crippen molar-refractivity contribution in [3.05, 3.63) is 29.8 Å². The summed E-state index contributed by atoms with van der Waals surface area (Å²) >= 11 is 1.27. The van der Waals surface area contributed by atoms with E-state index in [9.17, 15) is 9.59 Å². The first-order chi connectivity index (χ1) is 12.0. The Bertz CT molecular complexity index is 757. The van der Waals surface area contributed by atoms with E-state index in [4.69, 9.17) is 0 Å². The van der Waals surface area contributed by atoms with Crippen LogP contribution in [0.25, 0.3) is 0 Å². The minimum atomic E-state index is -0.360. The van der Waals surface area contributed by atoms with Gasteiger partial charge in [0.15, 0.2) is 5.17 Å². The van der Waals surface area contributed by atoms with Crippen molar-refractivity contribution in [3.63, 3.8) is 0 Å². The molecule has 0 fully saturated rings. The number of carbonyl (C=O) groups excluding carboxylic acids is 2. The van der Waals surface area contributed by atoms with Gasteiger partial charge in [0.1, 0.15) is 11.9 Å². The molecule has 0 bridgehead atoms. The Morgan fingerprint density at radius 2 is 2.12 bits per heavy atom. The van der Waals surface area contributed by atoms with Crippen LogP contribution in [0.5, 0.6) is 0 Å². The van der Waals surface area contributed by atoms with Gasteiger partial charge in [0.05, 0.1) is 11.4 Å². The van der Waals surface area contributed by atoms with E-state index in [-0.39, 0.29) is 29.7 Å². The summed E-state index contributed by atoms with van der Waals surface area (Å²) in [5.41, 5.74) is 1.65. The Morgan fingerprint density at radius 1 is 1.36 bits per heavy atom. The number of carbonyl (C=O) groups is 2. The number of para-hydroxylation sites is 1. The van der Waals surface area contributed by atoms with Gasteiger partial charge in [-0.2, -0.15) is 0 Å². The fourth-order valence-corrected chi connectivity index (χ4v) is 3.67. The van der Waals surface area contributed by atoms with Crippen LogP contribution in [0.4, 0.5) is 5.69 Å². The number of thioether (sulfide) groups is 1. The normalized spacial score (nSPS) is 18.6. The monoisotopic (exact) mass is 358 g/mol. The molecule has 1 N–H and O–H groups in total. The fourth-order valence-electron chi connectivity index (χ4n) is 2.85. The maximum Gasteiger partial charge on any atom is 0.259 e. The quantitative estimate of drug-likeness (QED) is 0.879. The third-order valence-corrected chi connectivity index (χ3v) is 4.83. The first-order valence-corrected chi connectivity index (χ1v) is 9.51. The van der Waals surface area contributed by atoms with Crippen molar-refractivity contribution < 1.29 is 9.59 Å². The zero-order chi connectivity index (χ0) is 18.0. The molecule has 2 heterocycles. The summed E-state index contributed by atoms with van der Waals surface area (Å²) in [5, 5.41) is 3.38. The molecule has 1 unspecified atom stereocenters. The molecule has 2 aliphatic heterocycles. The lowest BCUT2D eigenvalue weighted by Crippen LogP contribution is -2.42. The van der Waals surface area contributed by atoms with E-state index in [1.54, 1.807) is 4.90 Å². The van der Waals surface area contributed by atoms with E-state index < -0.39 is 0 Å². The van der Waals surface area contributed by atoms with Crippen molar-refractivity contribution in [2.75, 3.05) is 5.75 Å². The largest absolute Gasteiger partial charge is 0.353 e. The van der Waals surface area contributed by atoms with Crippen LogP contribution >= 0.6 is 11.8 Å². The smallest absolute Gasteiger partial charge is 0.259 e. The lowest BCUT2D eigenvalue weighted by atomic mass is 10.1. The van der Waals surface area contributed by atoms with Gasteiger partial charge in [-0.05, 0) is 32.4 Å². The zero-order valence-electron chi connectivity index (χ0n) is 14.7. The summed E-state index contributed by atoms with van der Waals surface area (Å²) in [6.07, 6.45) is 1.60. The van der Waals surface area contributed by atoms with Crippen LogP contribution in [0.15, 0.2) is 34.3 Å². The van der Waals surface area contributed by atoms with E-state index >= 15 is 0 Å². The number of nitrogens with one attached hydrogen (secondary N) is 1. The molecule has 0 aromatic heterocycles. The predicted molar refractivity (Wildman–Crippen MR) is 101 cm³/mol. The highest BCUT2D eigenvalue weighted by atomic mass is 32.2. The second-order valence-electron chi connectivity index (χ2n) is 6.35. The highest BCUT2D eigenvalue weighted by Crippen LogP contribution is 2.34. The number of hydrogen-bond acceptors (Lipinski definition) is 5. The molecule has 1 atom stereocenters. The highest BCUT2D eigenvalue weighted by molar-refractivity contribution is 8.14. The molecule has 0 saturated carbocycles. The molecular weight excluding hydrogens is 336 g/mol. The summed E-state index contributed by atoms with van der Waals surface area (Å²) in [6, 6.07) is 7.39. The Morgan fingerprint density at radius 3 is 2.84 bits per heavy atom. The molecule has 0 spiro atoms. The third-order valence-electron chi connectivity index (χ3n) is 3.89. The van der Waals surface area contributed by atoms with Gasteiger partial charge < -0.3 is 5.32 Å². The third kappa shape index (κ3) is 3.61. The Balaban J connectivity index is 1.88. The molecule has 0 aliphatic carbocycles. The highest BCUT2D eigenvalue weighted by Gasteiger charge is 2.40. The first kappa shape index (κ1) is 17.7. The number of rotatable bonds is 5. The minimum Gasteiger partial charge on any atom is -0.353 e. The average Bonchev–Trinajstić information content (AvgIpc) is 2.90. The molecule has 1 aromatic rings. The summed E-state index contributed by atoms with van der Waals surface area (Å²) in [5.74, 6) is 0.744. The number of amides is 2. The van der Waals surface area contributed by atoms with Gasteiger partial charge in [0.2, 0.25) is 5.91 Å². The van der Waals surface area contributed by atoms with Crippen molar-refractivity contribution in [1.82, 2.24) is 10.2 Å². The molecule has 6 nitrogen and oxygen atoms in total. The van der Waals surface area contributed by atoms with Crippen LogP contribution in [-0.4, -0.2) is 45.6 Å². The predicted octanol–water partition coefficient (Wildman–Crippen LogP) is 2.70. The SMILES string of the molecule is CCCC1N=C2c3ccccc3N=C(SCC(=O)NC(C)C)N2C1=O. The average molecular weight is 358 g/mol. The van der Waals surface area contributed by atoms with E-state index in [1.807, 2.05) is 45.0 Å². The molecule has 25 heavy (non-hydrogen) atoms. The van der Waals surface area contributed by atoms with E-state index in [0.717, 1.165) is 17.7 Å². The maximum atomic E-state index is 12.8. The van der Waals surface area contributed by atoms with Crippen LogP contribution in [0.3, 0.4) is 0 Å². The second kappa shape index (κ2) is 7.39. The maximum absolute atomic E-state index is 12.8. The molecule has 2 amide bonds. The number of benzene rings is 1. The molecule has 1 aromatic carbocycles. The van der Waals surface area contributed by atoms with Crippen LogP contribution in [0.1, 0.15) is 39.2 Å². The minimum absolute atomic E-state index is 0.0538. The number of aliphatic imine (C=N–C) groups is 2. The lowest BCUT2D eigenvalue weighted by molar-refractivity contribution is -0.124. The van der Waals surface area contributed by atoms with Crippen molar-refractivity contribution in [2.45, 2.75) is 45.7 Å². The molecule has 0 saturated heterocycles. The summed E-state index contributed by atoms with van der Waals surface area (Å²) in [6.45, 7) is 5.88. The van der Waals surface area contributed by atoms with Crippen LogP contribution < -0.4 is 5.32 Å². The lowest BCUT2D eigenvalue weighted by Gasteiger charge is -2.25. The fraction of sp³-hybridized carbons (Fsp3) is 0.444. The van der Waals surface area contributed by atoms with Crippen molar-refractivity contribution in [2.24, 2.45) is 9.98 Å². The standard InChI is InChI=1S/C18H22N4O2S/c1-4-7-14-17(24)22-16(20-14)12-8-5-6-9-13(12)21-18(22)25-10-15(23)19-11(2)3/h5-6,8-9,11,14H,4,7,10H2,1-3H3,(H,19,23). The van der Waals surface area contributed by atoms with E-state index in [0.29, 0.717) is 17.4 Å². The second-order valence-corrected chi connectivity index (χ2v) is 7.30. The molecule has 7 heteroatoms. The van der Waals surface area contributed by atoms with Gasteiger partial charge in [0, 0.05) is 11.6 Å². The Hall–Kier alpha value is -2.15. The van der Waals surface area contributed by atoms with E-state index in [2.05, 4.69) is 15.3 Å². The van der Waals surface area contributed by atoms with Crippen molar-refractivity contribution >= 4 is 40.3 Å². The number of nitrogens with zero attached hydrogens (tertiary/aromatic N) is 3. The van der Waals surface area contributed by atoms with Gasteiger partial charge in [-0.15, -0.1) is 0 Å². The van der Waals surface area contributed by atoms with Gasteiger partial charge in [-0.25, -0.2) is 9.89 Å². The van der Waals surface area contributed by atoms with Gasteiger partial charge >= 0.3 is 0 Å². The summed E-state index contributed by atoms with van der Waals surface area (Å²) in [7, 11) is 0. The van der Waals surface area contributed by atoms with Gasteiger partial charge in [-0.3, -0.25) is 14.6 Å². The zero-order valence-corrected chi connectivity index (χ0v) is 15.5. The van der Waals surface area contributed by atoms with Crippen molar-refractivity contribution in [1.29, 1.82) is 0 Å². The van der Waals surface area contributed by atoms with Crippen LogP contribution in [-0.2, 0) is 9.59 Å². The Labute approximate surface area is 151 Å². The van der Waals surface area contributed by atoms with Gasteiger partial charge in [0.25, 0.3) is 5.91 Å². The topological polar surface area (TPSA) is 74.1 Å².